The SMILES string of the molecule is O=C(O)[C@@H]1C[C@H]2CCCC[C@@H]2N1Cc1cc(=O)n2cc(Cl)ccc2n1. The van der Waals surface area contributed by atoms with Crippen LogP contribution in [0.5, 0.6) is 0 Å². The normalized spacial score (nSPS) is 26.7. The van der Waals surface area contributed by atoms with Gasteiger partial charge in [-0.2, -0.15) is 0 Å². The number of nitrogens with zero attached hydrogens (tertiary/aromatic N) is 3. The number of pyridine rings is 1. The average Bonchev–Trinajstić information content (AvgIpc) is 2.95. The molecule has 2 fully saturated rings. The fraction of sp³-hybridized carbons (Fsp3) is 0.500. The number of carbonyl (C=O) groups is 1. The molecule has 1 aliphatic heterocycles. The van der Waals surface area contributed by atoms with E-state index in [2.05, 4.69) is 4.98 Å². The molecule has 1 saturated carbocycles. The predicted molar refractivity (Wildman–Crippen MR) is 93.8 cm³/mol. The maximum atomic E-state index is 12.4. The van der Waals surface area contributed by atoms with Gasteiger partial charge in [-0.25, -0.2) is 4.98 Å². The number of hydrogen-bond donors (Lipinski definition) is 1. The Kier molecular flexibility index (Phi) is 4.25. The Labute approximate surface area is 150 Å². The molecule has 0 spiro atoms. The Hall–Kier alpha value is -1.92. The maximum Gasteiger partial charge on any atom is 0.320 e. The molecule has 132 valence electrons. The fourth-order valence-electron chi connectivity index (χ4n) is 4.42. The lowest BCUT2D eigenvalue weighted by Crippen LogP contribution is -2.42. The summed E-state index contributed by atoms with van der Waals surface area (Å²) in [5.74, 6) is -0.339. The van der Waals surface area contributed by atoms with E-state index in [1.54, 1.807) is 18.3 Å². The van der Waals surface area contributed by atoms with E-state index < -0.39 is 12.0 Å². The van der Waals surface area contributed by atoms with Crippen molar-refractivity contribution in [2.24, 2.45) is 5.92 Å². The summed E-state index contributed by atoms with van der Waals surface area (Å²) >= 11 is 5.94. The summed E-state index contributed by atoms with van der Waals surface area (Å²) in [6.07, 6.45) is 6.67. The molecule has 2 aromatic rings. The van der Waals surface area contributed by atoms with Crippen LogP contribution in [0.2, 0.25) is 5.02 Å². The number of aromatic nitrogens is 2. The molecule has 0 amide bonds. The maximum absolute atomic E-state index is 12.4. The zero-order valence-corrected chi connectivity index (χ0v) is 14.5. The van der Waals surface area contributed by atoms with Crippen LogP contribution >= 0.6 is 11.6 Å². The quantitative estimate of drug-likeness (QED) is 0.909. The van der Waals surface area contributed by atoms with Crippen molar-refractivity contribution in [2.75, 3.05) is 0 Å². The molecule has 1 N–H and O–H groups in total. The highest BCUT2D eigenvalue weighted by Gasteiger charge is 2.45. The van der Waals surface area contributed by atoms with Crippen LogP contribution in [-0.2, 0) is 11.3 Å². The second-order valence-corrected chi connectivity index (χ2v) is 7.47. The summed E-state index contributed by atoms with van der Waals surface area (Å²) < 4.78 is 1.41. The molecule has 2 aliphatic rings. The van der Waals surface area contributed by atoms with E-state index in [-0.39, 0.29) is 11.6 Å². The van der Waals surface area contributed by atoms with Crippen molar-refractivity contribution in [3.8, 4) is 0 Å². The lowest BCUT2D eigenvalue weighted by atomic mass is 9.85. The molecule has 0 radical (unpaired) electrons. The first-order valence-electron chi connectivity index (χ1n) is 8.69. The van der Waals surface area contributed by atoms with Gasteiger partial charge in [-0.15, -0.1) is 0 Å². The van der Waals surface area contributed by atoms with E-state index in [9.17, 15) is 14.7 Å². The van der Waals surface area contributed by atoms with Crippen molar-refractivity contribution in [1.82, 2.24) is 14.3 Å². The molecule has 0 aromatic carbocycles. The predicted octanol–water partition coefficient (Wildman–Crippen LogP) is 2.57. The largest absolute Gasteiger partial charge is 0.480 e. The van der Waals surface area contributed by atoms with Crippen LogP contribution in [0.3, 0.4) is 0 Å². The molecular formula is C18H20ClN3O3. The number of carboxylic acids is 1. The van der Waals surface area contributed by atoms with Crippen molar-refractivity contribution >= 4 is 23.2 Å². The third kappa shape index (κ3) is 3.04. The van der Waals surface area contributed by atoms with Crippen molar-refractivity contribution in [1.29, 1.82) is 0 Å². The van der Waals surface area contributed by atoms with Crippen LogP contribution in [0.15, 0.2) is 29.2 Å². The second-order valence-electron chi connectivity index (χ2n) is 7.04. The monoisotopic (exact) mass is 361 g/mol. The van der Waals surface area contributed by atoms with Gasteiger partial charge in [-0.1, -0.05) is 24.4 Å². The van der Waals surface area contributed by atoms with Crippen LogP contribution in [0.1, 0.15) is 37.8 Å². The van der Waals surface area contributed by atoms with Gasteiger partial charge >= 0.3 is 5.97 Å². The van der Waals surface area contributed by atoms with Crippen LogP contribution in [0.25, 0.3) is 5.65 Å². The van der Waals surface area contributed by atoms with Gasteiger partial charge in [0.15, 0.2) is 0 Å². The summed E-state index contributed by atoms with van der Waals surface area (Å²) in [4.78, 5) is 30.7. The summed E-state index contributed by atoms with van der Waals surface area (Å²) in [6, 6.07) is 4.67. The van der Waals surface area contributed by atoms with Gasteiger partial charge in [0.05, 0.1) is 10.7 Å². The van der Waals surface area contributed by atoms with Gasteiger partial charge in [-0.05, 0) is 37.3 Å². The third-order valence-corrected chi connectivity index (χ3v) is 5.75. The Morgan fingerprint density at radius 1 is 1.32 bits per heavy atom. The third-order valence-electron chi connectivity index (χ3n) is 5.53. The molecule has 3 atom stereocenters. The van der Waals surface area contributed by atoms with Gasteiger partial charge in [0.2, 0.25) is 0 Å². The van der Waals surface area contributed by atoms with E-state index in [1.807, 2.05) is 4.90 Å². The van der Waals surface area contributed by atoms with Crippen LogP contribution < -0.4 is 5.56 Å². The summed E-state index contributed by atoms with van der Waals surface area (Å²) in [5.41, 5.74) is 0.941. The average molecular weight is 362 g/mol. The van der Waals surface area contributed by atoms with Crippen molar-refractivity contribution in [3.63, 3.8) is 0 Å². The Morgan fingerprint density at radius 2 is 2.12 bits per heavy atom. The molecule has 0 bridgehead atoms. The first-order chi connectivity index (χ1) is 12.0. The first-order valence-corrected chi connectivity index (χ1v) is 9.07. The number of rotatable bonds is 3. The lowest BCUT2D eigenvalue weighted by molar-refractivity contribution is -0.142. The van der Waals surface area contributed by atoms with Gasteiger partial charge in [0.1, 0.15) is 11.7 Å². The number of aliphatic carboxylic acids is 1. The molecule has 3 heterocycles. The van der Waals surface area contributed by atoms with Crippen LogP contribution in [-0.4, -0.2) is 37.4 Å². The molecule has 25 heavy (non-hydrogen) atoms. The molecular weight excluding hydrogens is 342 g/mol. The minimum atomic E-state index is -0.779. The van der Waals surface area contributed by atoms with Crippen LogP contribution in [0, 0.1) is 5.92 Å². The number of halogens is 1. The van der Waals surface area contributed by atoms with Crippen molar-refractivity contribution in [3.05, 3.63) is 45.5 Å². The van der Waals surface area contributed by atoms with Crippen molar-refractivity contribution in [2.45, 2.75) is 50.7 Å². The summed E-state index contributed by atoms with van der Waals surface area (Å²) in [6.45, 7) is 0.395. The van der Waals surface area contributed by atoms with E-state index in [0.717, 1.165) is 19.3 Å². The van der Waals surface area contributed by atoms with E-state index in [4.69, 9.17) is 11.6 Å². The molecule has 4 rings (SSSR count). The highest BCUT2D eigenvalue weighted by molar-refractivity contribution is 6.30. The zero-order chi connectivity index (χ0) is 17.6. The molecule has 2 aromatic heterocycles. The molecule has 1 aliphatic carbocycles. The highest BCUT2D eigenvalue weighted by Crippen LogP contribution is 2.40. The number of fused-ring (bicyclic) bond motifs is 2. The molecule has 0 unspecified atom stereocenters. The van der Waals surface area contributed by atoms with Gasteiger partial charge in [-0.3, -0.25) is 18.9 Å². The lowest BCUT2D eigenvalue weighted by Gasteiger charge is -2.32. The van der Waals surface area contributed by atoms with Crippen LogP contribution in [0.4, 0.5) is 0 Å². The topological polar surface area (TPSA) is 74.9 Å². The van der Waals surface area contributed by atoms with Gasteiger partial charge in [0, 0.05) is 24.8 Å². The summed E-state index contributed by atoms with van der Waals surface area (Å²) in [5, 5.41) is 10.1. The second kappa shape index (κ2) is 6.42. The number of carboxylic acid groups (broad SMARTS) is 1. The van der Waals surface area contributed by atoms with E-state index >= 15 is 0 Å². The van der Waals surface area contributed by atoms with Gasteiger partial charge < -0.3 is 5.11 Å². The molecule has 1 saturated heterocycles. The smallest absolute Gasteiger partial charge is 0.320 e. The minimum absolute atomic E-state index is 0.200. The minimum Gasteiger partial charge on any atom is -0.480 e. The molecule has 6 nitrogen and oxygen atoms in total. The highest BCUT2D eigenvalue weighted by atomic mass is 35.5. The Morgan fingerprint density at radius 3 is 2.92 bits per heavy atom. The zero-order valence-electron chi connectivity index (χ0n) is 13.8. The standard InChI is InChI=1S/C18H20ClN3O3/c19-12-5-6-16-20-13(8-17(23)22(16)9-12)10-21-14-4-2-1-3-11(14)7-15(21)18(24)25/h5-6,8-9,11,14-15H,1-4,7,10H2,(H,24,25)/t11-,14+,15+/m1/s1. The number of likely N-dealkylation sites (tertiary alicyclic amines) is 1. The summed E-state index contributed by atoms with van der Waals surface area (Å²) in [7, 11) is 0. The Bertz CT molecular complexity index is 881. The fourth-order valence-corrected chi connectivity index (χ4v) is 4.58. The van der Waals surface area contributed by atoms with E-state index in [0.29, 0.717) is 35.2 Å². The number of hydrogen-bond acceptors (Lipinski definition) is 4. The van der Waals surface area contributed by atoms with E-state index in [1.165, 1.54) is 16.9 Å². The Balaban J connectivity index is 1.68. The van der Waals surface area contributed by atoms with Crippen molar-refractivity contribution < 1.29 is 9.90 Å². The molecule has 7 heteroatoms. The first kappa shape index (κ1) is 16.5. The van der Waals surface area contributed by atoms with Gasteiger partial charge in [0.25, 0.3) is 5.56 Å².